The quantitative estimate of drug-likeness (QED) is 0.226. The van der Waals surface area contributed by atoms with E-state index in [-0.39, 0.29) is 30.2 Å². The minimum absolute atomic E-state index is 0.0730. The first-order valence-corrected chi connectivity index (χ1v) is 11.6. The van der Waals surface area contributed by atoms with Crippen LogP contribution in [0.15, 0.2) is 54.6 Å². The van der Waals surface area contributed by atoms with Gasteiger partial charge >= 0.3 is 5.97 Å². The van der Waals surface area contributed by atoms with E-state index >= 15 is 0 Å². The number of hydrogen-bond acceptors (Lipinski definition) is 5. The summed E-state index contributed by atoms with van der Waals surface area (Å²) in [6.07, 6.45) is 15.1. The predicted octanol–water partition coefficient (Wildman–Crippen LogP) is 5.15. The summed E-state index contributed by atoms with van der Waals surface area (Å²) in [5.74, 6) is 0.477. The zero-order valence-corrected chi connectivity index (χ0v) is 20.1. The molecule has 32 heavy (non-hydrogen) atoms. The van der Waals surface area contributed by atoms with E-state index < -0.39 is 0 Å². The number of carbonyl (C=O) groups is 1. The van der Waals surface area contributed by atoms with Crippen LogP contribution in [0.5, 0.6) is 0 Å². The number of allylic oxidation sites excluding steroid dienone is 2. The predicted molar refractivity (Wildman–Crippen MR) is 128 cm³/mol. The van der Waals surface area contributed by atoms with E-state index in [1.54, 1.807) is 21.3 Å². The number of aryl methyl sites for hydroxylation is 1. The Kier molecular flexibility index (Phi) is 12.3. The molecule has 0 heterocycles. The minimum Gasteiger partial charge on any atom is -0.469 e. The van der Waals surface area contributed by atoms with Gasteiger partial charge in [0, 0.05) is 40.1 Å². The van der Waals surface area contributed by atoms with Gasteiger partial charge in [-0.1, -0.05) is 54.6 Å². The number of esters is 1. The number of carbonyl (C=O) groups excluding carboxylic acids is 1. The Morgan fingerprint density at radius 2 is 1.81 bits per heavy atom. The van der Waals surface area contributed by atoms with Crippen molar-refractivity contribution in [1.82, 2.24) is 0 Å². The van der Waals surface area contributed by atoms with Gasteiger partial charge in [-0.2, -0.15) is 0 Å². The molecule has 1 aliphatic carbocycles. The maximum absolute atomic E-state index is 11.2. The van der Waals surface area contributed by atoms with Gasteiger partial charge in [-0.25, -0.2) is 0 Å². The number of ether oxygens (including phenoxy) is 4. The fourth-order valence-electron chi connectivity index (χ4n) is 4.52. The highest BCUT2D eigenvalue weighted by Crippen LogP contribution is 2.39. The van der Waals surface area contributed by atoms with Crippen molar-refractivity contribution in [1.29, 1.82) is 0 Å². The fraction of sp³-hybridized carbons (Fsp3) is 0.593. The lowest BCUT2D eigenvalue weighted by atomic mass is 9.89. The van der Waals surface area contributed by atoms with Gasteiger partial charge in [-0.05, 0) is 43.6 Å². The summed E-state index contributed by atoms with van der Waals surface area (Å²) < 4.78 is 22.0. The maximum atomic E-state index is 11.2. The second-order valence-electron chi connectivity index (χ2n) is 8.38. The van der Waals surface area contributed by atoms with Gasteiger partial charge in [0.25, 0.3) is 0 Å². The van der Waals surface area contributed by atoms with E-state index in [9.17, 15) is 4.79 Å². The van der Waals surface area contributed by atoms with E-state index in [1.807, 2.05) is 6.07 Å². The van der Waals surface area contributed by atoms with Crippen LogP contribution in [0.2, 0.25) is 0 Å². The smallest absolute Gasteiger partial charge is 0.305 e. The molecule has 178 valence electrons. The molecular formula is C27H40O5. The van der Waals surface area contributed by atoms with Crippen LogP contribution in [-0.4, -0.2) is 52.7 Å². The van der Waals surface area contributed by atoms with E-state index in [2.05, 4.69) is 48.6 Å². The molecule has 1 aliphatic rings. The van der Waals surface area contributed by atoms with Gasteiger partial charge in [0.2, 0.25) is 0 Å². The van der Waals surface area contributed by atoms with E-state index in [0.29, 0.717) is 12.3 Å². The highest BCUT2D eigenvalue weighted by Gasteiger charge is 2.41. The van der Waals surface area contributed by atoms with E-state index in [4.69, 9.17) is 18.9 Å². The van der Waals surface area contributed by atoms with Crippen LogP contribution in [-0.2, 0) is 30.2 Å². The molecule has 1 aromatic rings. The Morgan fingerprint density at radius 1 is 1.06 bits per heavy atom. The Labute approximate surface area is 193 Å². The maximum Gasteiger partial charge on any atom is 0.305 e. The van der Waals surface area contributed by atoms with E-state index in [1.165, 1.54) is 12.7 Å². The molecule has 1 aromatic carbocycles. The summed E-state index contributed by atoms with van der Waals surface area (Å²) in [5, 5.41) is 0. The monoisotopic (exact) mass is 444 g/mol. The van der Waals surface area contributed by atoms with Gasteiger partial charge in [0.1, 0.15) is 0 Å². The second kappa shape index (κ2) is 15.0. The molecule has 0 amide bonds. The van der Waals surface area contributed by atoms with Gasteiger partial charge < -0.3 is 18.9 Å². The van der Waals surface area contributed by atoms with Crippen molar-refractivity contribution in [3.8, 4) is 0 Å². The standard InChI is InChI=1S/C27H40O5/c1-29-22(17-16-21-12-8-7-9-13-21)18-19-24-23(25(30-2)20-26(24)31-3)14-10-5-6-11-15-27(28)32-4/h5,7-10,12-13,18-19,22-26H,6,11,14-17,20H2,1-4H3/b10-5-,19-18+/t22-,23+,24+,25-,26+/m0/s1. The lowest BCUT2D eigenvalue weighted by Gasteiger charge is -2.23. The van der Waals surface area contributed by atoms with Gasteiger partial charge in [-0.3, -0.25) is 4.79 Å². The molecule has 2 rings (SSSR count). The fourth-order valence-corrected chi connectivity index (χ4v) is 4.52. The third kappa shape index (κ3) is 8.53. The molecule has 0 aliphatic heterocycles. The third-order valence-corrected chi connectivity index (χ3v) is 6.44. The van der Waals surface area contributed by atoms with Crippen molar-refractivity contribution in [3.63, 3.8) is 0 Å². The molecule has 1 saturated carbocycles. The van der Waals surface area contributed by atoms with Crippen molar-refractivity contribution in [2.45, 2.75) is 63.3 Å². The van der Waals surface area contributed by atoms with Crippen molar-refractivity contribution < 1.29 is 23.7 Å². The van der Waals surface area contributed by atoms with Crippen molar-refractivity contribution in [2.24, 2.45) is 11.8 Å². The van der Waals surface area contributed by atoms with Gasteiger partial charge in [0.15, 0.2) is 0 Å². The van der Waals surface area contributed by atoms with E-state index in [0.717, 1.165) is 38.5 Å². The summed E-state index contributed by atoms with van der Waals surface area (Å²) in [7, 11) is 6.77. The summed E-state index contributed by atoms with van der Waals surface area (Å²) in [5.41, 5.74) is 1.33. The SMILES string of the molecule is COC(=O)CCC/C=C\C[C@@H]1[C@@H](/C=C/[C@H](CCc2ccccc2)OC)[C@H](OC)C[C@@H]1OC. The normalized spacial score (nSPS) is 24.4. The molecule has 5 heteroatoms. The first-order chi connectivity index (χ1) is 15.6. The molecule has 0 spiro atoms. The Balaban J connectivity index is 1.95. The number of rotatable bonds is 14. The summed E-state index contributed by atoms with van der Waals surface area (Å²) in [6, 6.07) is 10.5. The molecule has 0 radical (unpaired) electrons. The molecule has 0 N–H and O–H groups in total. The molecule has 0 saturated heterocycles. The minimum atomic E-state index is -0.151. The Hall–Kier alpha value is -1.95. The molecule has 0 unspecified atom stereocenters. The molecule has 1 fully saturated rings. The van der Waals surface area contributed by atoms with Crippen LogP contribution < -0.4 is 0 Å². The topological polar surface area (TPSA) is 54.0 Å². The lowest BCUT2D eigenvalue weighted by Crippen LogP contribution is -2.22. The Bertz CT molecular complexity index is 699. The van der Waals surface area contributed by atoms with Crippen LogP contribution in [0.3, 0.4) is 0 Å². The number of hydrogen-bond donors (Lipinski definition) is 0. The van der Waals surface area contributed by atoms with Crippen molar-refractivity contribution in [3.05, 3.63) is 60.2 Å². The summed E-state index contributed by atoms with van der Waals surface area (Å²) >= 11 is 0. The molecule has 0 bridgehead atoms. The molecule has 5 atom stereocenters. The van der Waals surface area contributed by atoms with Crippen LogP contribution in [0.25, 0.3) is 0 Å². The number of methoxy groups -OCH3 is 4. The molecule has 0 aromatic heterocycles. The molecule has 5 nitrogen and oxygen atoms in total. The average Bonchev–Trinajstić information content (AvgIpc) is 3.18. The van der Waals surface area contributed by atoms with Crippen LogP contribution >= 0.6 is 0 Å². The zero-order valence-electron chi connectivity index (χ0n) is 20.1. The molecular weight excluding hydrogens is 404 g/mol. The van der Waals surface area contributed by atoms with Crippen LogP contribution in [0.1, 0.15) is 44.1 Å². The van der Waals surface area contributed by atoms with Crippen molar-refractivity contribution >= 4 is 5.97 Å². The van der Waals surface area contributed by atoms with Crippen LogP contribution in [0, 0.1) is 11.8 Å². The number of benzene rings is 1. The largest absolute Gasteiger partial charge is 0.469 e. The highest BCUT2D eigenvalue weighted by atomic mass is 16.5. The van der Waals surface area contributed by atoms with Crippen LogP contribution in [0.4, 0.5) is 0 Å². The lowest BCUT2D eigenvalue weighted by molar-refractivity contribution is -0.140. The first kappa shape index (κ1) is 26.3. The highest BCUT2D eigenvalue weighted by molar-refractivity contribution is 5.69. The summed E-state index contributed by atoms with van der Waals surface area (Å²) in [6.45, 7) is 0. The zero-order chi connectivity index (χ0) is 23.2. The second-order valence-corrected chi connectivity index (χ2v) is 8.38. The summed E-state index contributed by atoms with van der Waals surface area (Å²) in [4.78, 5) is 11.2. The number of unbranched alkanes of at least 4 members (excludes halogenated alkanes) is 1. The van der Waals surface area contributed by atoms with Gasteiger partial charge in [0.05, 0.1) is 25.4 Å². The van der Waals surface area contributed by atoms with Crippen molar-refractivity contribution in [2.75, 3.05) is 28.4 Å². The van der Waals surface area contributed by atoms with Gasteiger partial charge in [-0.15, -0.1) is 0 Å². The average molecular weight is 445 g/mol. The Morgan fingerprint density at radius 3 is 2.47 bits per heavy atom. The third-order valence-electron chi connectivity index (χ3n) is 6.44. The first-order valence-electron chi connectivity index (χ1n) is 11.6.